The monoisotopic (exact) mass is 322 g/mol. The van der Waals surface area contributed by atoms with Gasteiger partial charge in [0.05, 0.1) is 12.2 Å². The summed E-state index contributed by atoms with van der Waals surface area (Å²) in [5, 5.41) is 5.03. The molecule has 1 rings (SSSR count). The summed E-state index contributed by atoms with van der Waals surface area (Å²) in [7, 11) is 0. The molecule has 0 heterocycles. The normalized spacial score (nSPS) is 11.3. The Kier molecular flexibility index (Phi) is 7.59. The zero-order valence-corrected chi connectivity index (χ0v) is 13.5. The van der Waals surface area contributed by atoms with E-state index in [1.165, 1.54) is 0 Å². The number of esters is 1. The highest BCUT2D eigenvalue weighted by atomic mass is 16.5. The van der Waals surface area contributed by atoms with Crippen LogP contribution in [0.2, 0.25) is 0 Å². The number of carbonyl (C=O) groups is 3. The maximum Gasteiger partial charge on any atom is 0.338 e. The molecule has 2 amide bonds. The number of hydrogen-bond acceptors (Lipinski definition) is 5. The van der Waals surface area contributed by atoms with E-state index in [0.29, 0.717) is 24.5 Å². The zero-order chi connectivity index (χ0) is 17.2. The van der Waals surface area contributed by atoms with Crippen molar-refractivity contribution in [1.82, 2.24) is 10.6 Å². The van der Waals surface area contributed by atoms with E-state index in [9.17, 15) is 14.4 Å². The van der Waals surface area contributed by atoms with Crippen molar-refractivity contribution in [3.8, 4) is 5.75 Å². The number of benzene rings is 1. The van der Waals surface area contributed by atoms with E-state index in [2.05, 4.69) is 10.6 Å². The van der Waals surface area contributed by atoms with Crippen LogP contribution < -0.4 is 15.4 Å². The summed E-state index contributed by atoms with van der Waals surface area (Å²) in [5.74, 6) is -0.798. The standard InChI is InChI=1S/C16H22N2O5/c1-4-17-15(20)11(3)18-14(19)10-23-16(21)12-6-8-13(9-7-12)22-5-2/h6-9,11H,4-5,10H2,1-3H3,(H,17,20)(H,18,19)/t11-/m1/s1. The van der Waals surface area contributed by atoms with Crippen LogP contribution in [0.5, 0.6) is 5.75 Å². The van der Waals surface area contributed by atoms with Gasteiger partial charge in [-0.3, -0.25) is 9.59 Å². The molecule has 0 saturated heterocycles. The minimum absolute atomic E-state index is 0.293. The number of rotatable bonds is 8. The van der Waals surface area contributed by atoms with Gasteiger partial charge in [-0.2, -0.15) is 0 Å². The molecule has 0 fully saturated rings. The van der Waals surface area contributed by atoms with Crippen LogP contribution in [-0.4, -0.2) is 43.6 Å². The average molecular weight is 322 g/mol. The summed E-state index contributed by atoms with van der Waals surface area (Å²) < 4.78 is 10.2. The molecule has 0 radical (unpaired) electrons. The van der Waals surface area contributed by atoms with Crippen LogP contribution in [-0.2, 0) is 14.3 Å². The third-order valence-electron chi connectivity index (χ3n) is 2.86. The molecule has 0 aromatic heterocycles. The summed E-state index contributed by atoms with van der Waals surface area (Å²) in [6.45, 7) is 5.76. The molecule has 0 spiro atoms. The first-order valence-corrected chi connectivity index (χ1v) is 7.45. The van der Waals surface area contributed by atoms with Gasteiger partial charge in [0, 0.05) is 6.54 Å². The SMILES string of the molecule is CCNC(=O)[C@@H](C)NC(=O)COC(=O)c1ccc(OCC)cc1. The van der Waals surface area contributed by atoms with Gasteiger partial charge in [0.25, 0.3) is 5.91 Å². The van der Waals surface area contributed by atoms with Crippen molar-refractivity contribution < 1.29 is 23.9 Å². The predicted molar refractivity (Wildman–Crippen MR) is 84.2 cm³/mol. The molecule has 0 aliphatic rings. The van der Waals surface area contributed by atoms with E-state index in [1.54, 1.807) is 38.1 Å². The van der Waals surface area contributed by atoms with Gasteiger partial charge in [0.1, 0.15) is 11.8 Å². The number of amides is 2. The minimum Gasteiger partial charge on any atom is -0.494 e. The molecular weight excluding hydrogens is 300 g/mol. The van der Waals surface area contributed by atoms with E-state index >= 15 is 0 Å². The molecule has 126 valence electrons. The van der Waals surface area contributed by atoms with Crippen molar-refractivity contribution in [1.29, 1.82) is 0 Å². The zero-order valence-electron chi connectivity index (χ0n) is 13.5. The van der Waals surface area contributed by atoms with Gasteiger partial charge in [0.2, 0.25) is 5.91 Å². The lowest BCUT2D eigenvalue weighted by Crippen LogP contribution is -2.46. The fourth-order valence-electron chi connectivity index (χ4n) is 1.74. The lowest BCUT2D eigenvalue weighted by Gasteiger charge is -2.13. The number of ether oxygens (including phenoxy) is 2. The van der Waals surface area contributed by atoms with Crippen LogP contribution in [0.1, 0.15) is 31.1 Å². The van der Waals surface area contributed by atoms with Crippen LogP contribution in [0, 0.1) is 0 Å². The highest BCUT2D eigenvalue weighted by Gasteiger charge is 2.16. The molecular formula is C16H22N2O5. The molecule has 7 heteroatoms. The van der Waals surface area contributed by atoms with Gasteiger partial charge in [-0.1, -0.05) is 0 Å². The summed E-state index contributed by atoms with van der Waals surface area (Å²) in [4.78, 5) is 34.9. The molecule has 1 aromatic rings. The molecule has 0 bridgehead atoms. The molecule has 1 aromatic carbocycles. The smallest absolute Gasteiger partial charge is 0.338 e. The van der Waals surface area contributed by atoms with E-state index in [4.69, 9.17) is 9.47 Å². The number of hydrogen-bond donors (Lipinski definition) is 2. The maximum atomic E-state index is 11.8. The van der Waals surface area contributed by atoms with E-state index < -0.39 is 24.5 Å². The lowest BCUT2D eigenvalue weighted by molar-refractivity contribution is -0.130. The van der Waals surface area contributed by atoms with E-state index in [0.717, 1.165) is 0 Å². The second-order valence-corrected chi connectivity index (χ2v) is 4.72. The van der Waals surface area contributed by atoms with Crippen LogP contribution in [0.15, 0.2) is 24.3 Å². The second-order valence-electron chi connectivity index (χ2n) is 4.72. The quantitative estimate of drug-likeness (QED) is 0.693. The van der Waals surface area contributed by atoms with Crippen LogP contribution in [0.3, 0.4) is 0 Å². The van der Waals surface area contributed by atoms with Gasteiger partial charge in [-0.05, 0) is 45.0 Å². The Balaban J connectivity index is 2.43. The van der Waals surface area contributed by atoms with Gasteiger partial charge in [-0.25, -0.2) is 4.79 Å². The topological polar surface area (TPSA) is 93.7 Å². The molecule has 0 unspecified atom stereocenters. The third kappa shape index (κ3) is 6.37. The Morgan fingerprint density at radius 2 is 1.78 bits per heavy atom. The van der Waals surface area contributed by atoms with Gasteiger partial charge >= 0.3 is 5.97 Å². The highest BCUT2D eigenvalue weighted by Crippen LogP contribution is 2.12. The van der Waals surface area contributed by atoms with Crippen LogP contribution >= 0.6 is 0 Å². The van der Waals surface area contributed by atoms with Gasteiger partial charge in [0.15, 0.2) is 6.61 Å². The summed E-state index contributed by atoms with van der Waals surface area (Å²) in [6.07, 6.45) is 0. The maximum absolute atomic E-state index is 11.8. The highest BCUT2D eigenvalue weighted by molar-refractivity contribution is 5.92. The van der Waals surface area contributed by atoms with Crippen molar-refractivity contribution in [3.05, 3.63) is 29.8 Å². The minimum atomic E-state index is -0.688. The molecule has 1 atom stereocenters. The lowest BCUT2D eigenvalue weighted by atomic mass is 10.2. The summed E-state index contributed by atoms with van der Waals surface area (Å²) in [5.41, 5.74) is 0.318. The van der Waals surface area contributed by atoms with Crippen molar-refractivity contribution in [2.45, 2.75) is 26.8 Å². The molecule has 0 aliphatic heterocycles. The Labute approximate surface area is 135 Å². The molecule has 7 nitrogen and oxygen atoms in total. The first-order valence-electron chi connectivity index (χ1n) is 7.45. The summed E-state index contributed by atoms with van der Waals surface area (Å²) in [6, 6.07) is 5.73. The largest absolute Gasteiger partial charge is 0.494 e. The Morgan fingerprint density at radius 1 is 1.13 bits per heavy atom. The van der Waals surface area contributed by atoms with Gasteiger partial charge in [-0.15, -0.1) is 0 Å². The van der Waals surface area contributed by atoms with Crippen molar-refractivity contribution in [3.63, 3.8) is 0 Å². The van der Waals surface area contributed by atoms with Crippen molar-refractivity contribution in [2.24, 2.45) is 0 Å². The first-order chi connectivity index (χ1) is 11.0. The first kappa shape index (κ1) is 18.5. The predicted octanol–water partition coefficient (Wildman–Crippen LogP) is 0.883. The van der Waals surface area contributed by atoms with Crippen molar-refractivity contribution in [2.75, 3.05) is 19.8 Å². The Bertz CT molecular complexity index is 542. The second kappa shape index (κ2) is 9.45. The molecule has 0 saturated carbocycles. The fourth-order valence-corrected chi connectivity index (χ4v) is 1.74. The Morgan fingerprint density at radius 3 is 2.35 bits per heavy atom. The number of carbonyl (C=O) groups excluding carboxylic acids is 3. The van der Waals surface area contributed by atoms with Crippen LogP contribution in [0.4, 0.5) is 0 Å². The fraction of sp³-hybridized carbons (Fsp3) is 0.438. The molecule has 2 N–H and O–H groups in total. The average Bonchev–Trinajstić information content (AvgIpc) is 2.53. The third-order valence-corrected chi connectivity index (χ3v) is 2.86. The molecule has 0 aliphatic carbocycles. The van der Waals surface area contributed by atoms with Crippen LogP contribution in [0.25, 0.3) is 0 Å². The Hall–Kier alpha value is -2.57. The molecule has 23 heavy (non-hydrogen) atoms. The summed E-state index contributed by atoms with van der Waals surface area (Å²) >= 11 is 0. The van der Waals surface area contributed by atoms with Crippen molar-refractivity contribution >= 4 is 17.8 Å². The van der Waals surface area contributed by atoms with E-state index in [-0.39, 0.29) is 5.91 Å². The van der Waals surface area contributed by atoms with Gasteiger partial charge < -0.3 is 20.1 Å². The van der Waals surface area contributed by atoms with E-state index in [1.807, 2.05) is 6.92 Å². The number of likely N-dealkylation sites (N-methyl/N-ethyl adjacent to an activating group) is 1. The number of nitrogens with one attached hydrogen (secondary N) is 2.